The Labute approximate surface area is 229 Å². The van der Waals surface area contributed by atoms with Crippen LogP contribution in [0.5, 0.6) is 5.75 Å². The van der Waals surface area contributed by atoms with E-state index in [0.717, 1.165) is 18.2 Å². The molecular formula is C28H34F5NO4S. The third-order valence-electron chi connectivity index (χ3n) is 5.63. The Morgan fingerprint density at radius 2 is 1.85 bits per heavy atom. The van der Waals surface area contributed by atoms with Crippen LogP contribution in [0.3, 0.4) is 0 Å². The SMILES string of the molecule is C=CCCCOc1cc(F)cc(C)c1-c1cc([C@H](CC(=O)OCC)N[S+]([O-])C(C)(C)C)c(F)c(C(F)(F)F)c1. The largest absolute Gasteiger partial charge is 0.598 e. The maximum Gasteiger partial charge on any atom is 0.419 e. The molecule has 5 nitrogen and oxygen atoms in total. The summed E-state index contributed by atoms with van der Waals surface area (Å²) in [4.78, 5) is 12.3. The first-order valence-corrected chi connectivity index (χ1v) is 13.5. The Morgan fingerprint density at radius 3 is 2.41 bits per heavy atom. The Balaban J connectivity index is 2.79. The molecule has 1 N–H and O–H groups in total. The average Bonchev–Trinajstić information content (AvgIpc) is 2.80. The van der Waals surface area contributed by atoms with Gasteiger partial charge in [-0.3, -0.25) is 4.79 Å². The van der Waals surface area contributed by atoms with Gasteiger partial charge in [0.2, 0.25) is 0 Å². The van der Waals surface area contributed by atoms with Crippen LogP contribution in [0.15, 0.2) is 36.9 Å². The first-order chi connectivity index (χ1) is 18.1. The van der Waals surface area contributed by atoms with E-state index >= 15 is 4.39 Å². The van der Waals surface area contributed by atoms with Crippen LogP contribution >= 0.6 is 0 Å². The van der Waals surface area contributed by atoms with Gasteiger partial charge in [0.25, 0.3) is 0 Å². The van der Waals surface area contributed by atoms with Crippen LogP contribution in [0.4, 0.5) is 22.0 Å². The zero-order valence-electron chi connectivity index (χ0n) is 22.6. The van der Waals surface area contributed by atoms with Gasteiger partial charge in [-0.05, 0) is 76.8 Å². The molecule has 0 aliphatic rings. The molecule has 0 saturated carbocycles. The normalized spacial score (nSPS) is 13.6. The van der Waals surface area contributed by atoms with Crippen molar-refractivity contribution in [1.29, 1.82) is 0 Å². The van der Waals surface area contributed by atoms with Crippen molar-refractivity contribution in [1.82, 2.24) is 4.72 Å². The number of carbonyl (C=O) groups excluding carboxylic acids is 1. The number of nitrogens with one attached hydrogen (secondary N) is 1. The maximum atomic E-state index is 15.5. The van der Waals surface area contributed by atoms with E-state index in [1.54, 1.807) is 33.8 Å². The number of alkyl halides is 3. The molecule has 2 rings (SSSR count). The van der Waals surface area contributed by atoms with E-state index < -0.39 is 63.5 Å². The highest BCUT2D eigenvalue weighted by atomic mass is 32.2. The number of aryl methyl sites for hydroxylation is 1. The van der Waals surface area contributed by atoms with Crippen molar-refractivity contribution >= 4 is 17.3 Å². The van der Waals surface area contributed by atoms with Crippen molar-refractivity contribution in [3.63, 3.8) is 0 Å². The van der Waals surface area contributed by atoms with Gasteiger partial charge in [0.1, 0.15) is 22.1 Å². The second-order valence-corrected chi connectivity index (χ2v) is 11.9. The summed E-state index contributed by atoms with van der Waals surface area (Å²) in [6.45, 7) is 11.6. The maximum absolute atomic E-state index is 15.5. The highest BCUT2D eigenvalue weighted by molar-refractivity contribution is 7.90. The van der Waals surface area contributed by atoms with Gasteiger partial charge >= 0.3 is 12.1 Å². The lowest BCUT2D eigenvalue weighted by molar-refractivity contribution is -0.143. The molecule has 39 heavy (non-hydrogen) atoms. The molecule has 0 bridgehead atoms. The van der Waals surface area contributed by atoms with Gasteiger partial charge in [-0.1, -0.05) is 6.08 Å². The third-order valence-corrected chi connectivity index (χ3v) is 7.24. The molecule has 0 aromatic heterocycles. The van der Waals surface area contributed by atoms with E-state index in [-0.39, 0.29) is 35.7 Å². The minimum atomic E-state index is -5.11. The van der Waals surface area contributed by atoms with Crippen molar-refractivity contribution in [2.24, 2.45) is 0 Å². The molecule has 216 valence electrons. The van der Waals surface area contributed by atoms with Crippen molar-refractivity contribution in [2.75, 3.05) is 13.2 Å². The summed E-state index contributed by atoms with van der Waals surface area (Å²) in [6.07, 6.45) is -2.88. The Bertz CT molecular complexity index is 1160. The third kappa shape index (κ3) is 8.94. The number of allylic oxidation sites excluding steroid dienone is 1. The second kappa shape index (κ2) is 13.6. The summed E-state index contributed by atoms with van der Waals surface area (Å²) in [6, 6.07) is 2.51. The van der Waals surface area contributed by atoms with Crippen LogP contribution in [0, 0.1) is 18.6 Å². The predicted molar refractivity (Wildman–Crippen MR) is 141 cm³/mol. The fourth-order valence-corrected chi connectivity index (χ4v) is 4.59. The number of rotatable bonds is 12. The summed E-state index contributed by atoms with van der Waals surface area (Å²) in [5.74, 6) is -3.11. The van der Waals surface area contributed by atoms with Crippen LogP contribution in [0.1, 0.15) is 69.7 Å². The lowest BCUT2D eigenvalue weighted by Gasteiger charge is -2.29. The fourth-order valence-electron chi connectivity index (χ4n) is 3.76. The summed E-state index contributed by atoms with van der Waals surface area (Å²) in [5, 5.41) is 0. The molecule has 0 aliphatic carbocycles. The molecule has 0 fully saturated rings. The van der Waals surface area contributed by atoms with Crippen molar-refractivity contribution in [2.45, 2.75) is 70.8 Å². The minimum absolute atomic E-state index is 0.00837. The number of carbonyl (C=O) groups is 1. The Kier molecular flexibility index (Phi) is 11.4. The molecule has 0 heterocycles. The predicted octanol–water partition coefficient (Wildman–Crippen LogP) is 7.35. The molecular weight excluding hydrogens is 541 g/mol. The average molecular weight is 576 g/mol. The standard InChI is InChI=1S/C28H34F5NO4S/c1-7-9-10-11-38-23-15-19(29)12-17(3)25(23)18-13-20(26(30)21(14-18)28(31,32)33)22(16-24(35)37-8-2)34-39(36)27(4,5)6/h7,12-15,22,34H,1,8-11,16H2,2-6H3/t22-,39?/m0/s1. The highest BCUT2D eigenvalue weighted by Crippen LogP contribution is 2.42. The Morgan fingerprint density at radius 1 is 1.18 bits per heavy atom. The van der Waals surface area contributed by atoms with Crippen molar-refractivity contribution in [3.05, 3.63) is 65.2 Å². The molecule has 0 saturated heterocycles. The molecule has 11 heteroatoms. The van der Waals surface area contributed by atoms with Crippen LogP contribution in [0.25, 0.3) is 11.1 Å². The summed E-state index contributed by atoms with van der Waals surface area (Å²) in [7, 11) is 0. The number of hydrogen-bond donors (Lipinski definition) is 1. The molecule has 0 amide bonds. The number of esters is 1. The second-order valence-electron chi connectivity index (χ2n) is 9.86. The van der Waals surface area contributed by atoms with Gasteiger partial charge in [-0.25, -0.2) is 8.78 Å². The molecule has 0 spiro atoms. The van der Waals surface area contributed by atoms with E-state index in [2.05, 4.69) is 11.3 Å². The molecule has 0 aliphatic heterocycles. The number of benzene rings is 2. The molecule has 2 aromatic carbocycles. The first kappa shape index (κ1) is 32.6. The molecule has 1 unspecified atom stereocenters. The summed E-state index contributed by atoms with van der Waals surface area (Å²) < 4.78 is 97.3. The molecule has 0 radical (unpaired) electrons. The number of hydrogen-bond acceptors (Lipinski definition) is 5. The van der Waals surface area contributed by atoms with Gasteiger partial charge in [-0.15, -0.1) is 11.3 Å². The van der Waals surface area contributed by atoms with Crippen LogP contribution < -0.4 is 9.46 Å². The van der Waals surface area contributed by atoms with Gasteiger partial charge in [0.15, 0.2) is 0 Å². The zero-order chi connectivity index (χ0) is 29.5. The first-order valence-electron chi connectivity index (χ1n) is 12.4. The monoisotopic (exact) mass is 575 g/mol. The summed E-state index contributed by atoms with van der Waals surface area (Å²) >= 11 is -1.88. The van der Waals surface area contributed by atoms with Crippen LogP contribution in [-0.4, -0.2) is 28.5 Å². The van der Waals surface area contributed by atoms with E-state index in [1.165, 1.54) is 6.92 Å². The van der Waals surface area contributed by atoms with Crippen molar-refractivity contribution in [3.8, 4) is 16.9 Å². The number of halogens is 5. The lowest BCUT2D eigenvalue weighted by Crippen LogP contribution is -2.42. The summed E-state index contributed by atoms with van der Waals surface area (Å²) in [5.41, 5.74) is -1.84. The van der Waals surface area contributed by atoms with Gasteiger partial charge in [-0.2, -0.15) is 13.2 Å². The molecule has 2 atom stereocenters. The zero-order valence-corrected chi connectivity index (χ0v) is 23.5. The van der Waals surface area contributed by atoms with Gasteiger partial charge < -0.3 is 14.0 Å². The Hall–Kier alpha value is -2.63. The van der Waals surface area contributed by atoms with E-state index in [9.17, 15) is 26.9 Å². The van der Waals surface area contributed by atoms with E-state index in [0.29, 0.717) is 18.9 Å². The quantitative estimate of drug-likeness (QED) is 0.0942. The highest BCUT2D eigenvalue weighted by Gasteiger charge is 2.39. The number of ether oxygens (including phenoxy) is 2. The van der Waals surface area contributed by atoms with Crippen molar-refractivity contribution < 1.29 is 40.8 Å². The van der Waals surface area contributed by atoms with E-state index in [4.69, 9.17) is 9.47 Å². The number of unbranched alkanes of at least 4 members (excludes halogenated alkanes) is 1. The topological polar surface area (TPSA) is 70.6 Å². The molecule has 2 aromatic rings. The van der Waals surface area contributed by atoms with Gasteiger partial charge in [0, 0.05) is 28.6 Å². The minimum Gasteiger partial charge on any atom is -0.598 e. The fraction of sp³-hybridized carbons (Fsp3) is 0.464. The van der Waals surface area contributed by atoms with Crippen LogP contribution in [-0.2, 0) is 27.1 Å². The van der Waals surface area contributed by atoms with E-state index in [1.807, 2.05) is 0 Å². The van der Waals surface area contributed by atoms with Gasteiger partial charge in [0.05, 0.1) is 31.2 Å². The smallest absolute Gasteiger partial charge is 0.419 e. The van der Waals surface area contributed by atoms with Crippen LogP contribution in [0.2, 0.25) is 0 Å². The lowest BCUT2D eigenvalue weighted by atomic mass is 9.92.